The normalized spacial score (nSPS) is 11.2. The Balaban J connectivity index is 2.10. The molecule has 0 amide bonds. The molecule has 0 spiro atoms. The molecule has 0 saturated heterocycles. The van der Waals surface area contributed by atoms with Crippen LogP contribution in [-0.4, -0.2) is 29.3 Å². The van der Waals surface area contributed by atoms with Crippen LogP contribution in [0.3, 0.4) is 0 Å². The molecule has 0 fully saturated rings. The first-order chi connectivity index (χ1) is 10.3. The van der Waals surface area contributed by atoms with E-state index in [1.54, 1.807) is 30.5 Å². The lowest BCUT2D eigenvalue weighted by Crippen LogP contribution is -2.18. The van der Waals surface area contributed by atoms with Gasteiger partial charge in [-0.05, 0) is 18.2 Å². The lowest BCUT2D eigenvalue weighted by molar-refractivity contribution is 0.472. The summed E-state index contributed by atoms with van der Waals surface area (Å²) in [6, 6.07) is 8.40. The van der Waals surface area contributed by atoms with Gasteiger partial charge in [0.1, 0.15) is 12.1 Å². The van der Waals surface area contributed by atoms with E-state index in [1.165, 1.54) is 27.7 Å². The first-order valence-electron chi connectivity index (χ1n) is 6.24. The third-order valence-electron chi connectivity index (χ3n) is 3.31. The van der Waals surface area contributed by atoms with E-state index in [2.05, 4.69) is 15.1 Å². The first kappa shape index (κ1) is 11.6. The lowest BCUT2D eigenvalue weighted by Gasteiger charge is -2.09. The third-order valence-corrected chi connectivity index (χ3v) is 3.31. The fourth-order valence-corrected chi connectivity index (χ4v) is 2.32. The van der Waals surface area contributed by atoms with Gasteiger partial charge >= 0.3 is 0 Å². The molecule has 7 nitrogen and oxygen atoms in total. The fourth-order valence-electron chi connectivity index (χ4n) is 2.32. The largest absolute Gasteiger partial charge is 0.506 e. The van der Waals surface area contributed by atoms with Crippen LogP contribution in [0.1, 0.15) is 0 Å². The topological polar surface area (TPSA) is 85.3 Å². The van der Waals surface area contributed by atoms with Crippen molar-refractivity contribution in [3.63, 3.8) is 0 Å². The smallest absolute Gasteiger partial charge is 0.266 e. The average Bonchev–Trinajstić information content (AvgIpc) is 2.97. The van der Waals surface area contributed by atoms with E-state index >= 15 is 0 Å². The van der Waals surface area contributed by atoms with Crippen LogP contribution in [0.5, 0.6) is 5.75 Å². The molecule has 3 aromatic heterocycles. The van der Waals surface area contributed by atoms with Crippen LogP contribution in [-0.2, 0) is 0 Å². The average molecular weight is 279 g/mol. The Morgan fingerprint density at radius 3 is 2.81 bits per heavy atom. The van der Waals surface area contributed by atoms with E-state index in [4.69, 9.17) is 0 Å². The molecule has 7 heteroatoms. The molecule has 0 radical (unpaired) electrons. The summed E-state index contributed by atoms with van der Waals surface area (Å²) >= 11 is 0. The van der Waals surface area contributed by atoms with Crippen LogP contribution in [0.15, 0.2) is 53.8 Å². The minimum Gasteiger partial charge on any atom is -0.506 e. The molecule has 1 aromatic carbocycles. The fraction of sp³-hybridized carbons (Fsp3) is 0. The molecule has 0 aliphatic rings. The van der Waals surface area contributed by atoms with E-state index in [0.29, 0.717) is 22.4 Å². The molecule has 0 aliphatic heterocycles. The molecule has 21 heavy (non-hydrogen) atoms. The summed E-state index contributed by atoms with van der Waals surface area (Å²) in [4.78, 5) is 20.7. The molecular weight excluding hydrogens is 270 g/mol. The summed E-state index contributed by atoms with van der Waals surface area (Å²) < 4.78 is 2.88. The molecule has 0 unspecified atom stereocenters. The highest BCUT2D eigenvalue weighted by molar-refractivity contribution is 5.79. The van der Waals surface area contributed by atoms with Gasteiger partial charge in [0.25, 0.3) is 11.3 Å². The number of hydrogen-bond donors (Lipinski definition) is 1. The zero-order valence-electron chi connectivity index (χ0n) is 10.7. The molecule has 4 aromatic rings. The van der Waals surface area contributed by atoms with E-state index < -0.39 is 0 Å². The standard InChI is InChI=1S/C14H9N5O2/c20-12-4-2-1-3-11(12)18-6-5-10-9(13(18)21)7-15-14-16-8-17-19(10)14/h1-8,20H. The first-order valence-corrected chi connectivity index (χ1v) is 6.24. The van der Waals surface area contributed by atoms with Gasteiger partial charge in [0, 0.05) is 12.4 Å². The number of aromatic hydroxyl groups is 1. The van der Waals surface area contributed by atoms with Crippen LogP contribution in [0.25, 0.3) is 22.4 Å². The zero-order valence-corrected chi connectivity index (χ0v) is 10.7. The van der Waals surface area contributed by atoms with E-state index in [-0.39, 0.29) is 11.3 Å². The Morgan fingerprint density at radius 1 is 1.10 bits per heavy atom. The number of pyridine rings is 1. The van der Waals surface area contributed by atoms with Gasteiger partial charge in [-0.1, -0.05) is 12.1 Å². The maximum atomic E-state index is 12.6. The number of phenols is 1. The van der Waals surface area contributed by atoms with Gasteiger partial charge in [-0.15, -0.1) is 0 Å². The van der Waals surface area contributed by atoms with Crippen molar-refractivity contribution in [1.82, 2.24) is 24.1 Å². The van der Waals surface area contributed by atoms with Crippen LogP contribution in [0, 0.1) is 0 Å². The lowest BCUT2D eigenvalue weighted by atomic mass is 10.2. The molecular formula is C14H9N5O2. The molecule has 102 valence electrons. The highest BCUT2D eigenvalue weighted by Gasteiger charge is 2.11. The van der Waals surface area contributed by atoms with Gasteiger partial charge in [-0.2, -0.15) is 14.6 Å². The van der Waals surface area contributed by atoms with Crippen molar-refractivity contribution in [3.8, 4) is 11.4 Å². The minimum absolute atomic E-state index is 0.0359. The predicted octanol–water partition coefficient (Wildman–Crippen LogP) is 1.13. The van der Waals surface area contributed by atoms with E-state index in [0.717, 1.165) is 0 Å². The third kappa shape index (κ3) is 1.61. The number of hydrogen-bond acceptors (Lipinski definition) is 5. The summed E-state index contributed by atoms with van der Waals surface area (Å²) in [6.07, 6.45) is 4.45. The van der Waals surface area contributed by atoms with Gasteiger partial charge in [-0.3, -0.25) is 9.36 Å². The molecule has 3 heterocycles. The maximum absolute atomic E-state index is 12.6. The Bertz CT molecular complexity index is 1030. The van der Waals surface area contributed by atoms with Gasteiger partial charge < -0.3 is 5.11 Å². The second-order valence-electron chi connectivity index (χ2n) is 4.51. The van der Waals surface area contributed by atoms with E-state index in [1.807, 2.05) is 0 Å². The predicted molar refractivity (Wildman–Crippen MR) is 75.5 cm³/mol. The molecule has 1 N–H and O–H groups in total. The second kappa shape index (κ2) is 4.14. The Labute approximate surface area is 117 Å². The summed E-state index contributed by atoms with van der Waals surface area (Å²) in [5.41, 5.74) is 0.760. The second-order valence-corrected chi connectivity index (χ2v) is 4.51. The van der Waals surface area contributed by atoms with Crippen molar-refractivity contribution in [2.75, 3.05) is 0 Å². The number of phenolic OH excluding ortho intramolecular Hbond substituents is 1. The van der Waals surface area contributed by atoms with Crippen LogP contribution in [0.2, 0.25) is 0 Å². The molecule has 0 aliphatic carbocycles. The number of para-hydroxylation sites is 2. The summed E-state index contributed by atoms with van der Waals surface area (Å²) in [5.74, 6) is 0.468. The highest BCUT2D eigenvalue weighted by atomic mass is 16.3. The number of nitrogens with zero attached hydrogens (tertiary/aromatic N) is 5. The molecule has 0 bridgehead atoms. The van der Waals surface area contributed by atoms with Gasteiger partial charge in [0.2, 0.25) is 0 Å². The maximum Gasteiger partial charge on any atom is 0.266 e. The van der Waals surface area contributed by atoms with Crippen LogP contribution in [0.4, 0.5) is 0 Å². The van der Waals surface area contributed by atoms with Crippen molar-refractivity contribution in [3.05, 3.63) is 59.4 Å². The van der Waals surface area contributed by atoms with Gasteiger partial charge in [0.05, 0.1) is 16.6 Å². The van der Waals surface area contributed by atoms with E-state index in [9.17, 15) is 9.90 Å². The molecule has 0 atom stereocenters. The summed E-state index contributed by atoms with van der Waals surface area (Å²) in [6.45, 7) is 0. The zero-order chi connectivity index (χ0) is 14.4. The SMILES string of the molecule is O=c1c2cnc3ncnn3c2ccn1-c1ccccc1O. The quantitative estimate of drug-likeness (QED) is 0.564. The van der Waals surface area contributed by atoms with Crippen molar-refractivity contribution in [2.45, 2.75) is 0 Å². The minimum atomic E-state index is -0.279. The van der Waals surface area contributed by atoms with Gasteiger partial charge in [-0.25, -0.2) is 4.98 Å². The van der Waals surface area contributed by atoms with Gasteiger partial charge in [0.15, 0.2) is 0 Å². The van der Waals surface area contributed by atoms with Crippen molar-refractivity contribution in [1.29, 1.82) is 0 Å². The number of rotatable bonds is 1. The van der Waals surface area contributed by atoms with Crippen LogP contribution >= 0.6 is 0 Å². The Kier molecular flexibility index (Phi) is 2.28. The van der Waals surface area contributed by atoms with Crippen molar-refractivity contribution in [2.24, 2.45) is 0 Å². The Hall–Kier alpha value is -3.22. The molecule has 0 saturated carbocycles. The highest BCUT2D eigenvalue weighted by Crippen LogP contribution is 2.20. The number of aromatic nitrogens is 5. The van der Waals surface area contributed by atoms with Crippen molar-refractivity contribution >= 4 is 16.7 Å². The monoisotopic (exact) mass is 279 g/mol. The van der Waals surface area contributed by atoms with Crippen molar-refractivity contribution < 1.29 is 5.11 Å². The number of benzene rings is 1. The Morgan fingerprint density at radius 2 is 1.95 bits per heavy atom. The summed E-state index contributed by atoms with van der Waals surface area (Å²) in [7, 11) is 0. The van der Waals surface area contributed by atoms with Crippen LogP contribution < -0.4 is 5.56 Å². The molecule has 4 rings (SSSR count). The number of fused-ring (bicyclic) bond motifs is 3. The summed E-state index contributed by atoms with van der Waals surface area (Å²) in [5, 5.41) is 14.4.